The lowest BCUT2D eigenvalue weighted by molar-refractivity contribution is 0.669. The van der Waals surface area contributed by atoms with Gasteiger partial charge < -0.3 is 13.7 Å². The van der Waals surface area contributed by atoms with E-state index < -0.39 is 0 Å². The van der Waals surface area contributed by atoms with Crippen LogP contribution in [0.25, 0.3) is 97.4 Å². The van der Waals surface area contributed by atoms with Crippen LogP contribution in [-0.4, -0.2) is 0 Å². The van der Waals surface area contributed by atoms with E-state index >= 15 is 0 Å². The molecule has 0 aliphatic rings. The largest absolute Gasteiger partial charge is 0.455 e. The molecule has 58 heavy (non-hydrogen) atoms. The Kier molecular flexibility index (Phi) is 7.40. The van der Waals surface area contributed by atoms with Gasteiger partial charge in [-0.25, -0.2) is 0 Å². The van der Waals surface area contributed by atoms with Gasteiger partial charge in [0.05, 0.1) is 5.69 Å². The second-order valence-corrected chi connectivity index (χ2v) is 15.9. The zero-order valence-electron chi connectivity index (χ0n) is 31.2. The summed E-state index contributed by atoms with van der Waals surface area (Å²) < 4.78 is 15.7. The number of hydrogen-bond acceptors (Lipinski definition) is 4. The van der Waals surface area contributed by atoms with Crippen LogP contribution >= 0.6 is 11.3 Å². The van der Waals surface area contributed by atoms with E-state index in [-0.39, 0.29) is 0 Å². The normalized spacial score (nSPS) is 11.8. The van der Waals surface area contributed by atoms with Crippen LogP contribution in [0.2, 0.25) is 0 Å². The fourth-order valence-corrected chi connectivity index (χ4v) is 9.89. The average molecular weight is 760 g/mol. The molecule has 0 radical (unpaired) electrons. The van der Waals surface area contributed by atoms with Gasteiger partial charge in [-0.1, -0.05) is 140 Å². The highest BCUT2D eigenvalue weighted by Gasteiger charge is 2.21. The molecule has 9 aromatic carbocycles. The summed E-state index contributed by atoms with van der Waals surface area (Å²) in [5, 5.41) is 6.94. The predicted molar refractivity (Wildman–Crippen MR) is 245 cm³/mol. The first kappa shape index (κ1) is 32.8. The number of rotatable bonds is 6. The molecule has 0 saturated carbocycles. The van der Waals surface area contributed by atoms with E-state index in [0.717, 1.165) is 94.3 Å². The van der Waals surface area contributed by atoms with Crippen molar-refractivity contribution in [3.8, 4) is 33.4 Å². The molecule has 0 spiro atoms. The molecule has 0 amide bonds. The van der Waals surface area contributed by atoms with E-state index in [0.29, 0.717) is 0 Å². The Bertz CT molecular complexity index is 3500. The maximum Gasteiger partial charge on any atom is 0.143 e. The summed E-state index contributed by atoms with van der Waals surface area (Å²) in [5.74, 6) is 0. The van der Waals surface area contributed by atoms with Crippen LogP contribution in [-0.2, 0) is 0 Å². The number of anilines is 3. The lowest BCUT2D eigenvalue weighted by Gasteiger charge is -2.27. The van der Waals surface area contributed by atoms with Crippen molar-refractivity contribution in [1.29, 1.82) is 0 Å². The van der Waals surface area contributed by atoms with Crippen molar-refractivity contribution >= 4 is 92.4 Å². The summed E-state index contributed by atoms with van der Waals surface area (Å²) in [7, 11) is 0. The van der Waals surface area contributed by atoms with Crippen LogP contribution in [0.3, 0.4) is 0 Å². The van der Waals surface area contributed by atoms with Crippen molar-refractivity contribution in [2.45, 2.75) is 0 Å². The Morgan fingerprint density at radius 3 is 1.57 bits per heavy atom. The van der Waals surface area contributed by atoms with Gasteiger partial charge in [0, 0.05) is 64.2 Å². The van der Waals surface area contributed by atoms with Gasteiger partial charge in [-0.2, -0.15) is 0 Å². The monoisotopic (exact) mass is 759 g/mol. The molecule has 3 nitrogen and oxygen atoms in total. The van der Waals surface area contributed by atoms with Crippen LogP contribution in [0.4, 0.5) is 17.1 Å². The van der Waals surface area contributed by atoms with E-state index in [1.807, 2.05) is 23.5 Å². The van der Waals surface area contributed by atoms with Gasteiger partial charge in [-0.3, -0.25) is 0 Å². The summed E-state index contributed by atoms with van der Waals surface area (Å²) in [6, 6.07) is 71.3. The quantitative estimate of drug-likeness (QED) is 0.169. The van der Waals surface area contributed by atoms with Gasteiger partial charge in [0.15, 0.2) is 0 Å². The standard InChI is InChI=1S/C54H33NO2S/c1-3-12-35(13-4-1)40-17-9-19-42-45-32-37(26-30-48(45)56-53(40)42)34-24-27-38(28-25-34)55(47-21-11-23-51-52(47)44-16-7-8-22-50(44)58-51)39-29-31-49-46(33-39)43-20-10-18-41(54(43)57-49)36-14-5-2-6-15-36/h1-33H. The second-order valence-electron chi connectivity index (χ2n) is 14.8. The van der Waals surface area contributed by atoms with Crippen molar-refractivity contribution < 1.29 is 8.83 Å². The number of hydrogen-bond donors (Lipinski definition) is 0. The topological polar surface area (TPSA) is 29.5 Å². The minimum Gasteiger partial charge on any atom is -0.455 e. The molecule has 4 heteroatoms. The zero-order chi connectivity index (χ0) is 38.2. The summed E-state index contributed by atoms with van der Waals surface area (Å²) >= 11 is 1.84. The smallest absolute Gasteiger partial charge is 0.143 e. The van der Waals surface area contributed by atoms with Crippen molar-refractivity contribution in [3.05, 3.63) is 200 Å². The number of benzene rings is 9. The maximum absolute atomic E-state index is 6.62. The van der Waals surface area contributed by atoms with Crippen molar-refractivity contribution in [2.24, 2.45) is 0 Å². The molecule has 0 N–H and O–H groups in total. The number of fused-ring (bicyclic) bond motifs is 9. The number of nitrogens with zero attached hydrogens (tertiary/aromatic N) is 1. The van der Waals surface area contributed by atoms with Crippen molar-refractivity contribution in [2.75, 3.05) is 4.90 Å². The first-order valence-electron chi connectivity index (χ1n) is 19.6. The lowest BCUT2D eigenvalue weighted by atomic mass is 10.00. The Balaban J connectivity index is 1.01. The van der Waals surface area contributed by atoms with Crippen molar-refractivity contribution in [3.63, 3.8) is 0 Å². The highest BCUT2D eigenvalue weighted by atomic mass is 32.1. The maximum atomic E-state index is 6.62. The van der Waals surface area contributed by atoms with Gasteiger partial charge in [0.2, 0.25) is 0 Å². The molecule has 0 aliphatic heterocycles. The highest BCUT2D eigenvalue weighted by molar-refractivity contribution is 7.26. The molecule has 0 aliphatic carbocycles. The van der Waals surface area contributed by atoms with E-state index in [9.17, 15) is 0 Å². The Labute approximate surface area is 338 Å². The average Bonchev–Trinajstić information content (AvgIpc) is 3.99. The van der Waals surface area contributed by atoms with Gasteiger partial charge in [0.1, 0.15) is 22.3 Å². The first-order chi connectivity index (χ1) is 28.7. The Hall–Kier alpha value is -7.40. The number of furan rings is 2. The first-order valence-corrected chi connectivity index (χ1v) is 20.4. The fourth-order valence-electron chi connectivity index (χ4n) is 8.77. The number of para-hydroxylation sites is 2. The van der Waals surface area contributed by atoms with Gasteiger partial charge in [-0.05, 0) is 82.9 Å². The molecule has 12 rings (SSSR count). The molecule has 0 atom stereocenters. The zero-order valence-corrected chi connectivity index (χ0v) is 32.0. The van der Waals surface area contributed by atoms with Crippen LogP contribution in [0.1, 0.15) is 0 Å². The van der Waals surface area contributed by atoms with Crippen LogP contribution < -0.4 is 4.90 Å². The molecule has 12 aromatic rings. The Morgan fingerprint density at radius 2 is 0.879 bits per heavy atom. The highest BCUT2D eigenvalue weighted by Crippen LogP contribution is 2.47. The van der Waals surface area contributed by atoms with E-state index in [1.54, 1.807) is 0 Å². The summed E-state index contributed by atoms with van der Waals surface area (Å²) in [5.41, 5.74) is 13.6. The van der Waals surface area contributed by atoms with Crippen molar-refractivity contribution in [1.82, 2.24) is 0 Å². The Morgan fingerprint density at radius 1 is 0.345 bits per heavy atom. The second kappa shape index (κ2) is 13.1. The van der Waals surface area contributed by atoms with Crippen LogP contribution in [0.15, 0.2) is 209 Å². The van der Waals surface area contributed by atoms with Gasteiger partial charge >= 0.3 is 0 Å². The third-order valence-electron chi connectivity index (χ3n) is 11.5. The number of thiophene rings is 1. The molecule has 0 bridgehead atoms. The third-order valence-corrected chi connectivity index (χ3v) is 12.6. The molecule has 0 unspecified atom stereocenters. The molecule has 0 fully saturated rings. The van der Waals surface area contributed by atoms with Gasteiger partial charge in [-0.15, -0.1) is 11.3 Å². The minimum absolute atomic E-state index is 0.870. The van der Waals surface area contributed by atoms with E-state index in [1.165, 1.54) is 20.2 Å². The molecular weight excluding hydrogens is 727 g/mol. The summed E-state index contributed by atoms with van der Waals surface area (Å²) in [6.45, 7) is 0. The van der Waals surface area contributed by atoms with E-state index in [2.05, 4.69) is 193 Å². The molecule has 0 saturated heterocycles. The van der Waals surface area contributed by atoms with E-state index in [4.69, 9.17) is 8.83 Å². The fraction of sp³-hybridized carbons (Fsp3) is 0. The predicted octanol–water partition coefficient (Wildman–Crippen LogP) is 16.3. The summed E-state index contributed by atoms with van der Waals surface area (Å²) in [4.78, 5) is 2.41. The molecule has 3 aromatic heterocycles. The van der Waals surface area contributed by atoms with Gasteiger partial charge in [0.25, 0.3) is 0 Å². The summed E-state index contributed by atoms with van der Waals surface area (Å²) in [6.07, 6.45) is 0. The lowest BCUT2D eigenvalue weighted by Crippen LogP contribution is -2.10. The van der Waals surface area contributed by atoms with Crippen LogP contribution in [0, 0.1) is 0 Å². The molecular formula is C54H33NO2S. The SMILES string of the molecule is c1ccc(-c2cccc3c2oc2ccc(-c4ccc(N(c5ccc6oc7c(-c8ccccc8)cccc7c6c5)c5cccc6sc7ccccc7c56)cc4)cc23)cc1. The minimum atomic E-state index is 0.870. The third kappa shape index (κ3) is 5.19. The molecule has 3 heterocycles. The van der Waals surface area contributed by atoms with Crippen LogP contribution in [0.5, 0.6) is 0 Å². The molecule has 272 valence electrons.